The van der Waals surface area contributed by atoms with Crippen LogP contribution in [0.3, 0.4) is 0 Å². The van der Waals surface area contributed by atoms with Crippen LogP contribution in [-0.2, 0) is 14.1 Å². The zero-order valence-electron chi connectivity index (χ0n) is 16.0. The number of benzene rings is 1. The maximum absolute atomic E-state index is 12.6. The number of hydrogen-bond acceptors (Lipinski definition) is 7. The number of anilines is 1. The lowest BCUT2D eigenvalue weighted by atomic mass is 10.2. The fraction of sp³-hybridized carbons (Fsp3) is 0.100. The molecule has 10 heteroatoms. The molecule has 0 aliphatic carbocycles. The second-order valence-electron chi connectivity index (χ2n) is 6.57. The molecule has 3 aromatic heterocycles. The molecule has 0 radical (unpaired) electrons. The molecule has 0 aliphatic rings. The van der Waals surface area contributed by atoms with E-state index in [2.05, 4.69) is 20.3 Å². The summed E-state index contributed by atoms with van der Waals surface area (Å²) in [6.07, 6.45) is 2.85. The number of phenolic OH excluding ortho intramolecular Hbond substituents is 1. The minimum absolute atomic E-state index is 0.0304. The van der Waals surface area contributed by atoms with Crippen LogP contribution in [0.2, 0.25) is 0 Å². The zero-order valence-corrected chi connectivity index (χ0v) is 16.0. The second kappa shape index (κ2) is 7.24. The van der Waals surface area contributed by atoms with Gasteiger partial charge in [-0.1, -0.05) is 12.1 Å². The number of rotatable bonds is 3. The van der Waals surface area contributed by atoms with Crippen LogP contribution < -0.4 is 16.6 Å². The van der Waals surface area contributed by atoms with Gasteiger partial charge in [0.25, 0.3) is 11.5 Å². The molecule has 10 nitrogen and oxygen atoms in total. The molecule has 3 heterocycles. The number of carbonyl (C=O) groups excluding carboxylic acids is 1. The minimum atomic E-state index is -0.543. The molecule has 0 aliphatic heterocycles. The molecule has 0 unspecified atom stereocenters. The number of aromatic nitrogens is 5. The first-order valence-corrected chi connectivity index (χ1v) is 8.85. The number of hydrogen-bond donors (Lipinski definition) is 2. The predicted molar refractivity (Wildman–Crippen MR) is 109 cm³/mol. The third-order valence-electron chi connectivity index (χ3n) is 4.55. The van der Waals surface area contributed by atoms with E-state index < -0.39 is 17.2 Å². The van der Waals surface area contributed by atoms with Gasteiger partial charge in [-0.15, -0.1) is 0 Å². The molecule has 1 amide bonds. The van der Waals surface area contributed by atoms with Crippen molar-refractivity contribution in [2.75, 3.05) is 5.32 Å². The van der Waals surface area contributed by atoms with Crippen molar-refractivity contribution in [3.05, 3.63) is 75.3 Å². The van der Waals surface area contributed by atoms with E-state index in [0.717, 1.165) is 4.57 Å². The fourth-order valence-corrected chi connectivity index (χ4v) is 2.96. The van der Waals surface area contributed by atoms with E-state index in [0.29, 0.717) is 17.1 Å². The molecule has 0 saturated carbocycles. The van der Waals surface area contributed by atoms with Crippen LogP contribution in [-0.4, -0.2) is 35.1 Å². The monoisotopic (exact) mass is 404 g/mol. The van der Waals surface area contributed by atoms with Crippen LogP contribution >= 0.6 is 0 Å². The summed E-state index contributed by atoms with van der Waals surface area (Å²) >= 11 is 0. The maximum Gasteiger partial charge on any atom is 0.332 e. The quantitative estimate of drug-likeness (QED) is 0.521. The number of pyridine rings is 1. The summed E-state index contributed by atoms with van der Waals surface area (Å²) in [7, 11) is 2.86. The van der Waals surface area contributed by atoms with Crippen LogP contribution in [0.15, 0.2) is 58.4 Å². The van der Waals surface area contributed by atoms with E-state index in [1.54, 1.807) is 18.2 Å². The predicted octanol–water partition coefficient (Wildman–Crippen LogP) is 1.05. The van der Waals surface area contributed by atoms with Gasteiger partial charge < -0.3 is 10.4 Å². The average Bonchev–Trinajstić information content (AvgIpc) is 2.76. The summed E-state index contributed by atoms with van der Waals surface area (Å²) in [4.78, 5) is 49.4. The van der Waals surface area contributed by atoms with Crippen LogP contribution in [0.4, 0.5) is 5.69 Å². The Morgan fingerprint density at radius 3 is 2.47 bits per heavy atom. The highest BCUT2D eigenvalue weighted by molar-refractivity contribution is 6.03. The Kier molecular flexibility index (Phi) is 4.59. The summed E-state index contributed by atoms with van der Waals surface area (Å²) in [5.74, 6) is -0.0580. The number of carbonyl (C=O) groups is 1. The van der Waals surface area contributed by atoms with Crippen LogP contribution in [0.1, 0.15) is 10.5 Å². The molecule has 0 saturated heterocycles. The Labute approximate surface area is 169 Å². The van der Waals surface area contributed by atoms with Crippen molar-refractivity contribution in [1.82, 2.24) is 24.1 Å². The van der Waals surface area contributed by atoms with Gasteiger partial charge in [0.2, 0.25) is 0 Å². The van der Waals surface area contributed by atoms with Crippen molar-refractivity contribution in [3.8, 4) is 17.1 Å². The van der Waals surface area contributed by atoms with Gasteiger partial charge in [-0.25, -0.2) is 19.7 Å². The standard InChI is InChI=1S/C20H16N6O4/c1-25-17-14(19(29)26(2)20(25)30)6-7-15(24-17)18(28)23-12-9-21-16(22-10-12)11-4-3-5-13(27)8-11/h3-10,27H,1-2H3,(H,23,28). The SMILES string of the molecule is Cn1c(=O)c2ccc(C(=O)Nc3cnc(-c4cccc(O)c4)nc3)nc2n(C)c1=O. The number of nitrogens with one attached hydrogen (secondary N) is 1. The van der Waals surface area contributed by atoms with E-state index in [-0.39, 0.29) is 22.5 Å². The molecule has 0 spiro atoms. The molecule has 4 aromatic rings. The number of nitrogens with zero attached hydrogens (tertiary/aromatic N) is 5. The smallest absolute Gasteiger partial charge is 0.332 e. The van der Waals surface area contributed by atoms with E-state index in [4.69, 9.17) is 0 Å². The summed E-state index contributed by atoms with van der Waals surface area (Å²) in [6.45, 7) is 0. The lowest BCUT2D eigenvalue weighted by molar-refractivity contribution is 0.102. The molecule has 0 bridgehead atoms. The normalized spacial score (nSPS) is 10.9. The fourth-order valence-electron chi connectivity index (χ4n) is 2.96. The maximum atomic E-state index is 12.6. The number of fused-ring (bicyclic) bond motifs is 1. The van der Waals surface area contributed by atoms with E-state index in [1.807, 2.05) is 0 Å². The molecule has 0 fully saturated rings. The van der Waals surface area contributed by atoms with Gasteiger partial charge in [0, 0.05) is 19.7 Å². The van der Waals surface area contributed by atoms with Gasteiger partial charge in [-0.05, 0) is 24.3 Å². The minimum Gasteiger partial charge on any atom is -0.508 e. The molecule has 150 valence electrons. The first kappa shape index (κ1) is 19.0. The summed E-state index contributed by atoms with van der Waals surface area (Å²) in [6, 6.07) is 9.37. The number of phenols is 1. The van der Waals surface area contributed by atoms with Crippen LogP contribution in [0, 0.1) is 0 Å². The largest absolute Gasteiger partial charge is 0.508 e. The molecule has 1 aromatic carbocycles. The van der Waals surface area contributed by atoms with Crippen molar-refractivity contribution in [2.45, 2.75) is 0 Å². The Morgan fingerprint density at radius 2 is 1.77 bits per heavy atom. The lowest BCUT2D eigenvalue weighted by Gasteiger charge is -2.09. The summed E-state index contributed by atoms with van der Waals surface area (Å²) in [5, 5.41) is 12.4. The Hall–Kier alpha value is -4.34. The van der Waals surface area contributed by atoms with Crippen molar-refractivity contribution < 1.29 is 9.90 Å². The topological polar surface area (TPSA) is 132 Å². The van der Waals surface area contributed by atoms with Crippen molar-refractivity contribution in [3.63, 3.8) is 0 Å². The van der Waals surface area contributed by atoms with Gasteiger partial charge in [0.15, 0.2) is 5.82 Å². The average molecular weight is 404 g/mol. The van der Waals surface area contributed by atoms with E-state index in [1.165, 1.54) is 49.3 Å². The van der Waals surface area contributed by atoms with Crippen molar-refractivity contribution in [2.24, 2.45) is 14.1 Å². The molecular weight excluding hydrogens is 388 g/mol. The summed E-state index contributed by atoms with van der Waals surface area (Å²) < 4.78 is 2.19. The number of amides is 1. The van der Waals surface area contributed by atoms with Gasteiger partial charge in [0.05, 0.1) is 23.5 Å². The Morgan fingerprint density at radius 1 is 1.03 bits per heavy atom. The third-order valence-corrected chi connectivity index (χ3v) is 4.55. The van der Waals surface area contributed by atoms with Crippen LogP contribution in [0.5, 0.6) is 5.75 Å². The molecular formula is C20H16N6O4. The van der Waals surface area contributed by atoms with Gasteiger partial charge in [-0.2, -0.15) is 0 Å². The highest BCUT2D eigenvalue weighted by Crippen LogP contribution is 2.20. The van der Waals surface area contributed by atoms with Gasteiger partial charge in [0.1, 0.15) is 17.1 Å². The highest BCUT2D eigenvalue weighted by atomic mass is 16.3. The van der Waals surface area contributed by atoms with E-state index in [9.17, 15) is 19.5 Å². The zero-order chi connectivity index (χ0) is 21.4. The molecule has 2 N–H and O–H groups in total. The first-order chi connectivity index (χ1) is 14.3. The number of aromatic hydroxyl groups is 1. The van der Waals surface area contributed by atoms with E-state index >= 15 is 0 Å². The molecule has 0 atom stereocenters. The highest BCUT2D eigenvalue weighted by Gasteiger charge is 2.14. The second-order valence-corrected chi connectivity index (χ2v) is 6.57. The number of aryl methyl sites for hydroxylation is 1. The molecule has 4 rings (SSSR count). The molecule has 30 heavy (non-hydrogen) atoms. The third kappa shape index (κ3) is 3.30. The Balaban J connectivity index is 1.62. The first-order valence-electron chi connectivity index (χ1n) is 8.85. The van der Waals surface area contributed by atoms with Gasteiger partial charge in [-0.3, -0.25) is 18.7 Å². The van der Waals surface area contributed by atoms with Gasteiger partial charge >= 0.3 is 5.69 Å². The van der Waals surface area contributed by atoms with Crippen molar-refractivity contribution >= 4 is 22.6 Å². The van der Waals surface area contributed by atoms with Crippen LogP contribution in [0.25, 0.3) is 22.4 Å². The Bertz CT molecular complexity index is 1410. The lowest BCUT2D eigenvalue weighted by Crippen LogP contribution is -2.37. The summed E-state index contributed by atoms with van der Waals surface area (Å²) in [5.41, 5.74) is 0.0984. The van der Waals surface area contributed by atoms with Crippen molar-refractivity contribution in [1.29, 1.82) is 0 Å².